The number of carbonyl (C=O) groups is 1. The van der Waals surface area contributed by atoms with E-state index in [0.29, 0.717) is 36.8 Å². The summed E-state index contributed by atoms with van der Waals surface area (Å²) in [6.45, 7) is 0.844. The average molecular weight is 469 g/mol. The monoisotopic (exact) mass is 468 g/mol. The second-order valence-electron chi connectivity index (χ2n) is 8.18. The fourth-order valence-electron chi connectivity index (χ4n) is 3.86. The number of nitrogen functional groups attached to an aromatic ring is 1. The van der Waals surface area contributed by atoms with Gasteiger partial charge in [-0.25, -0.2) is 4.98 Å². The van der Waals surface area contributed by atoms with E-state index in [9.17, 15) is 9.90 Å². The first-order valence-electron chi connectivity index (χ1n) is 11.2. The van der Waals surface area contributed by atoms with Crippen molar-refractivity contribution in [2.75, 3.05) is 24.1 Å². The maximum atomic E-state index is 12.6. The molecule has 0 spiro atoms. The summed E-state index contributed by atoms with van der Waals surface area (Å²) >= 11 is 0. The summed E-state index contributed by atoms with van der Waals surface area (Å²) in [7, 11) is 0. The van der Waals surface area contributed by atoms with Crippen molar-refractivity contribution >= 4 is 23.4 Å². The summed E-state index contributed by atoms with van der Waals surface area (Å²) in [6.07, 6.45) is 1.64. The fraction of sp³-hybridized carbons (Fsp3) is 0.154. The molecular formula is C26H24N6O3. The predicted octanol–water partition coefficient (Wildman–Crippen LogP) is 3.86. The van der Waals surface area contributed by atoms with Crippen LogP contribution in [-0.2, 0) is 0 Å². The number of aliphatic hydroxyl groups is 1. The summed E-state index contributed by atoms with van der Waals surface area (Å²) in [5.74, 6) is 1.64. The molecule has 0 unspecified atom stereocenters. The standard InChI is InChI=1S/C26H24N6O3/c27-26-30-22(17-4-2-1-3-5-17)15-24(31-26)29-18-6-8-20(9-7-18)35-21-10-12-28-23(14-21)25(34)32-13-11-19(33)16-32/h1-10,12,14-15,19,33H,11,13,16H2,(H3,27,29,30,31)/t19-/m1/s1. The van der Waals surface area contributed by atoms with E-state index >= 15 is 0 Å². The Labute approximate surface area is 202 Å². The van der Waals surface area contributed by atoms with Crippen LogP contribution in [0.25, 0.3) is 11.3 Å². The number of hydrogen-bond donors (Lipinski definition) is 3. The van der Waals surface area contributed by atoms with Gasteiger partial charge in [0, 0.05) is 42.7 Å². The van der Waals surface area contributed by atoms with Crippen molar-refractivity contribution in [2.24, 2.45) is 0 Å². The number of benzene rings is 2. The number of pyridine rings is 1. The number of likely N-dealkylation sites (tertiary alicyclic amines) is 1. The third-order valence-electron chi connectivity index (χ3n) is 5.58. The van der Waals surface area contributed by atoms with Crippen LogP contribution in [0.3, 0.4) is 0 Å². The molecule has 1 aliphatic heterocycles. The van der Waals surface area contributed by atoms with Gasteiger partial charge in [0.25, 0.3) is 5.91 Å². The van der Waals surface area contributed by atoms with Crippen molar-refractivity contribution in [2.45, 2.75) is 12.5 Å². The quantitative estimate of drug-likeness (QED) is 0.389. The third kappa shape index (κ3) is 5.36. The molecule has 3 heterocycles. The smallest absolute Gasteiger partial charge is 0.272 e. The second kappa shape index (κ2) is 9.78. The molecule has 1 saturated heterocycles. The van der Waals surface area contributed by atoms with Crippen LogP contribution >= 0.6 is 0 Å². The topological polar surface area (TPSA) is 126 Å². The number of β-amino-alcohol motifs (C(OH)–C–C–N with tert-alkyl or cyclic N) is 1. The van der Waals surface area contributed by atoms with Crippen LogP contribution in [0.15, 0.2) is 79.0 Å². The van der Waals surface area contributed by atoms with Crippen molar-refractivity contribution in [3.8, 4) is 22.8 Å². The van der Waals surface area contributed by atoms with Gasteiger partial charge in [-0.05, 0) is 36.8 Å². The van der Waals surface area contributed by atoms with Gasteiger partial charge >= 0.3 is 0 Å². The van der Waals surface area contributed by atoms with E-state index in [1.54, 1.807) is 17.0 Å². The zero-order valence-electron chi connectivity index (χ0n) is 18.8. The number of aliphatic hydroxyl groups excluding tert-OH is 1. The van der Waals surface area contributed by atoms with Gasteiger partial charge in [0.2, 0.25) is 5.95 Å². The van der Waals surface area contributed by atoms with Crippen LogP contribution in [0, 0.1) is 0 Å². The van der Waals surface area contributed by atoms with E-state index in [4.69, 9.17) is 10.5 Å². The zero-order valence-corrected chi connectivity index (χ0v) is 18.8. The van der Waals surface area contributed by atoms with Gasteiger partial charge < -0.3 is 25.8 Å². The molecule has 0 radical (unpaired) electrons. The second-order valence-corrected chi connectivity index (χ2v) is 8.18. The number of aromatic nitrogens is 3. The highest BCUT2D eigenvalue weighted by Crippen LogP contribution is 2.26. The molecule has 0 saturated carbocycles. The van der Waals surface area contributed by atoms with Crippen LogP contribution < -0.4 is 15.8 Å². The molecule has 176 valence electrons. The fourth-order valence-corrected chi connectivity index (χ4v) is 3.86. The minimum atomic E-state index is -0.478. The van der Waals surface area contributed by atoms with E-state index in [1.807, 2.05) is 60.7 Å². The number of nitrogens with one attached hydrogen (secondary N) is 1. The lowest BCUT2D eigenvalue weighted by atomic mass is 10.1. The van der Waals surface area contributed by atoms with Gasteiger partial charge in [0.05, 0.1) is 11.8 Å². The van der Waals surface area contributed by atoms with Crippen molar-refractivity contribution in [1.82, 2.24) is 19.9 Å². The summed E-state index contributed by atoms with van der Waals surface area (Å²) in [5.41, 5.74) is 8.67. The van der Waals surface area contributed by atoms with Gasteiger partial charge in [0.1, 0.15) is 23.0 Å². The molecule has 0 bridgehead atoms. The molecule has 1 amide bonds. The van der Waals surface area contributed by atoms with Crippen LogP contribution in [0.4, 0.5) is 17.5 Å². The highest BCUT2D eigenvalue weighted by Gasteiger charge is 2.26. The molecule has 9 heteroatoms. The first-order valence-corrected chi connectivity index (χ1v) is 11.2. The lowest BCUT2D eigenvalue weighted by Crippen LogP contribution is -2.30. The number of carbonyl (C=O) groups excluding carboxylic acids is 1. The van der Waals surface area contributed by atoms with Crippen molar-refractivity contribution < 1.29 is 14.6 Å². The van der Waals surface area contributed by atoms with Crippen molar-refractivity contribution in [3.63, 3.8) is 0 Å². The van der Waals surface area contributed by atoms with E-state index in [2.05, 4.69) is 20.3 Å². The third-order valence-corrected chi connectivity index (χ3v) is 5.58. The number of nitrogens with zero attached hydrogens (tertiary/aromatic N) is 4. The van der Waals surface area contributed by atoms with Crippen LogP contribution in [0.5, 0.6) is 11.5 Å². The summed E-state index contributed by atoms with van der Waals surface area (Å²) in [6, 6.07) is 22.2. The maximum absolute atomic E-state index is 12.6. The Balaban J connectivity index is 1.26. The summed E-state index contributed by atoms with van der Waals surface area (Å²) in [5, 5.41) is 12.9. The minimum absolute atomic E-state index is 0.181. The molecular weight excluding hydrogens is 444 g/mol. The van der Waals surface area contributed by atoms with Gasteiger partial charge in [0.15, 0.2) is 0 Å². The molecule has 1 fully saturated rings. The van der Waals surface area contributed by atoms with Crippen LogP contribution in [0.1, 0.15) is 16.9 Å². The van der Waals surface area contributed by atoms with E-state index < -0.39 is 6.10 Å². The lowest BCUT2D eigenvalue weighted by molar-refractivity contribution is 0.0759. The highest BCUT2D eigenvalue weighted by molar-refractivity contribution is 5.92. The molecule has 2 aromatic carbocycles. The van der Waals surface area contributed by atoms with Crippen LogP contribution in [-0.4, -0.2) is 50.1 Å². The van der Waals surface area contributed by atoms with Crippen molar-refractivity contribution in [3.05, 3.63) is 84.7 Å². The number of hydrogen-bond acceptors (Lipinski definition) is 8. The first kappa shape index (κ1) is 22.3. The molecule has 5 rings (SSSR count). The Morgan fingerprint density at radius 3 is 2.57 bits per heavy atom. The Hall–Kier alpha value is -4.50. The molecule has 4 N–H and O–H groups in total. The summed E-state index contributed by atoms with van der Waals surface area (Å²) in [4.78, 5) is 27.0. The van der Waals surface area contributed by atoms with Gasteiger partial charge in [-0.1, -0.05) is 30.3 Å². The SMILES string of the molecule is Nc1nc(Nc2ccc(Oc3ccnc(C(=O)N4CC[C@@H](O)C4)c3)cc2)cc(-c2ccccc2)n1. The largest absolute Gasteiger partial charge is 0.457 e. The first-order chi connectivity index (χ1) is 17.0. The van der Waals surface area contributed by atoms with Gasteiger partial charge in [-0.3, -0.25) is 9.78 Å². The molecule has 9 nitrogen and oxygen atoms in total. The number of amides is 1. The molecule has 0 aliphatic carbocycles. The van der Waals surface area contributed by atoms with Crippen molar-refractivity contribution in [1.29, 1.82) is 0 Å². The average Bonchev–Trinajstić information content (AvgIpc) is 3.31. The molecule has 1 atom stereocenters. The predicted molar refractivity (Wildman–Crippen MR) is 132 cm³/mol. The maximum Gasteiger partial charge on any atom is 0.272 e. The number of rotatable bonds is 6. The Morgan fingerprint density at radius 1 is 1.03 bits per heavy atom. The molecule has 4 aromatic rings. The normalized spacial score (nSPS) is 15.1. The molecule has 2 aromatic heterocycles. The Morgan fingerprint density at radius 2 is 1.83 bits per heavy atom. The van der Waals surface area contributed by atoms with E-state index in [-0.39, 0.29) is 17.5 Å². The lowest BCUT2D eigenvalue weighted by Gasteiger charge is -2.15. The Kier molecular flexibility index (Phi) is 6.23. The molecule has 35 heavy (non-hydrogen) atoms. The van der Waals surface area contributed by atoms with Gasteiger partial charge in [-0.2, -0.15) is 4.98 Å². The molecule has 1 aliphatic rings. The minimum Gasteiger partial charge on any atom is -0.457 e. The van der Waals surface area contributed by atoms with E-state index in [0.717, 1.165) is 16.9 Å². The number of nitrogens with two attached hydrogens (primary N) is 1. The number of anilines is 3. The highest BCUT2D eigenvalue weighted by atomic mass is 16.5. The summed E-state index contributed by atoms with van der Waals surface area (Å²) < 4.78 is 5.92. The Bertz CT molecular complexity index is 1330. The van der Waals surface area contributed by atoms with E-state index in [1.165, 1.54) is 6.20 Å². The zero-order chi connectivity index (χ0) is 24.2. The number of ether oxygens (including phenoxy) is 1. The van der Waals surface area contributed by atoms with Gasteiger partial charge in [-0.15, -0.1) is 0 Å². The van der Waals surface area contributed by atoms with Crippen LogP contribution in [0.2, 0.25) is 0 Å².